The third-order valence-electron chi connectivity index (χ3n) is 7.51. The van der Waals surface area contributed by atoms with Gasteiger partial charge in [-0.15, -0.1) is 0 Å². The molecule has 0 spiro atoms. The number of nitrogens with one attached hydrogen (secondary N) is 1. The molecule has 1 unspecified atom stereocenters. The van der Waals surface area contributed by atoms with Gasteiger partial charge in [0.05, 0.1) is 17.5 Å². The summed E-state index contributed by atoms with van der Waals surface area (Å²) < 4.78 is 5.56. The van der Waals surface area contributed by atoms with Crippen molar-refractivity contribution in [1.29, 1.82) is 0 Å². The van der Waals surface area contributed by atoms with E-state index in [1.54, 1.807) is 4.90 Å². The first-order valence-corrected chi connectivity index (χ1v) is 13.5. The van der Waals surface area contributed by atoms with E-state index in [1.807, 2.05) is 35.9 Å². The van der Waals surface area contributed by atoms with Gasteiger partial charge in [0.25, 0.3) is 0 Å². The van der Waals surface area contributed by atoms with Crippen molar-refractivity contribution in [1.82, 2.24) is 10.3 Å². The van der Waals surface area contributed by atoms with Gasteiger partial charge in [0.1, 0.15) is 0 Å². The van der Waals surface area contributed by atoms with Crippen LogP contribution in [0.2, 0.25) is 0 Å². The van der Waals surface area contributed by atoms with Crippen LogP contribution in [0.3, 0.4) is 0 Å². The second-order valence-corrected chi connectivity index (χ2v) is 10.7. The van der Waals surface area contributed by atoms with Gasteiger partial charge >= 0.3 is 6.09 Å². The molecule has 8 heteroatoms. The number of hydrogen-bond acceptors (Lipinski definition) is 6. The maximum absolute atomic E-state index is 13.1. The standard InChI is InChI=1S/C28H39N5O3/c1-19(2)36-28(35)32-15-14-31(27(34)21-8-9-21)25-11-10-22(16-26(25)32)23-6-4-3-5-7-24(23)33(29)18-20-12-13-30-17-20/h4,6,10-11,16,19-21,30H,3,5,7-9,12-15,17-18,29H2,1-2H3. The van der Waals surface area contributed by atoms with Crippen LogP contribution in [0.1, 0.15) is 57.9 Å². The van der Waals surface area contributed by atoms with Crippen molar-refractivity contribution in [2.45, 2.75) is 58.5 Å². The Morgan fingerprint density at radius 1 is 1.17 bits per heavy atom. The third kappa shape index (κ3) is 5.30. The minimum Gasteiger partial charge on any atom is -0.446 e. The Bertz CT molecular complexity index is 1060. The smallest absolute Gasteiger partial charge is 0.414 e. The zero-order chi connectivity index (χ0) is 25.2. The maximum atomic E-state index is 13.1. The number of carbonyl (C=O) groups is 2. The first-order chi connectivity index (χ1) is 17.4. The number of fused-ring (bicyclic) bond motifs is 1. The Hall–Kier alpha value is -2.84. The number of allylic oxidation sites excluding steroid dienone is 4. The Labute approximate surface area is 214 Å². The highest BCUT2D eigenvalue weighted by Crippen LogP contribution is 2.41. The fraction of sp³-hybridized carbons (Fsp3) is 0.571. The van der Waals surface area contributed by atoms with E-state index in [4.69, 9.17) is 10.6 Å². The van der Waals surface area contributed by atoms with Crippen molar-refractivity contribution in [3.8, 4) is 0 Å². The van der Waals surface area contributed by atoms with E-state index >= 15 is 0 Å². The number of nitrogens with zero attached hydrogens (tertiary/aromatic N) is 3. The molecule has 1 saturated heterocycles. The lowest BCUT2D eigenvalue weighted by Crippen LogP contribution is -2.47. The molecule has 0 bridgehead atoms. The highest BCUT2D eigenvalue weighted by Gasteiger charge is 2.38. The molecule has 2 fully saturated rings. The van der Waals surface area contributed by atoms with Gasteiger partial charge in [-0.25, -0.2) is 10.6 Å². The van der Waals surface area contributed by atoms with Gasteiger partial charge in [0.2, 0.25) is 5.91 Å². The van der Waals surface area contributed by atoms with Crippen molar-refractivity contribution < 1.29 is 14.3 Å². The van der Waals surface area contributed by atoms with Gasteiger partial charge in [-0.05, 0) is 89.1 Å². The van der Waals surface area contributed by atoms with E-state index in [0.29, 0.717) is 19.0 Å². The number of anilines is 2. The molecule has 3 N–H and O–H groups in total. The summed E-state index contributed by atoms with van der Waals surface area (Å²) in [5.74, 6) is 7.49. The summed E-state index contributed by atoms with van der Waals surface area (Å²) in [6.45, 7) is 7.47. The van der Waals surface area contributed by atoms with Crippen LogP contribution in [0.25, 0.3) is 5.57 Å². The summed E-state index contributed by atoms with van der Waals surface area (Å²) in [6, 6.07) is 6.10. The molecule has 2 heterocycles. The topological polar surface area (TPSA) is 91.1 Å². The third-order valence-corrected chi connectivity index (χ3v) is 7.51. The van der Waals surface area contributed by atoms with Crippen molar-refractivity contribution in [2.75, 3.05) is 42.5 Å². The van der Waals surface area contributed by atoms with Crippen molar-refractivity contribution in [2.24, 2.45) is 17.7 Å². The van der Waals surface area contributed by atoms with Gasteiger partial charge < -0.3 is 20.0 Å². The number of ether oxygens (including phenoxy) is 1. The normalized spacial score (nSPS) is 22.1. The molecule has 1 aromatic rings. The van der Waals surface area contributed by atoms with Gasteiger partial charge in [0.15, 0.2) is 0 Å². The predicted octanol–water partition coefficient (Wildman–Crippen LogP) is 4.03. The van der Waals surface area contributed by atoms with Crippen molar-refractivity contribution >= 4 is 28.9 Å². The molecule has 4 aliphatic rings. The first-order valence-electron chi connectivity index (χ1n) is 13.5. The highest BCUT2D eigenvalue weighted by molar-refractivity contribution is 6.04. The molecule has 0 aromatic heterocycles. The highest BCUT2D eigenvalue weighted by atomic mass is 16.6. The van der Waals surface area contributed by atoms with E-state index < -0.39 is 0 Å². The Kier molecular flexibility index (Phi) is 7.34. The van der Waals surface area contributed by atoms with Crippen molar-refractivity contribution in [3.05, 3.63) is 41.6 Å². The van der Waals surface area contributed by atoms with Crippen LogP contribution in [0, 0.1) is 11.8 Å². The fourth-order valence-electron chi connectivity index (χ4n) is 5.45. The number of carbonyl (C=O) groups excluding carboxylic acids is 2. The van der Waals surface area contributed by atoms with E-state index in [1.165, 1.54) is 0 Å². The SMILES string of the molecule is CC(C)OC(=O)N1CCN(C(=O)C2CC2)c2ccc(C3=C(N(N)CC4CCNC4)CCCC=C3)cc21. The molecule has 2 amide bonds. The van der Waals surface area contributed by atoms with Crippen LogP contribution >= 0.6 is 0 Å². The summed E-state index contributed by atoms with van der Waals surface area (Å²) in [6.07, 6.45) is 9.79. The molecule has 2 aliphatic carbocycles. The molecule has 2 aliphatic heterocycles. The predicted molar refractivity (Wildman–Crippen MR) is 142 cm³/mol. The molecule has 0 radical (unpaired) electrons. The summed E-state index contributed by atoms with van der Waals surface area (Å²) in [4.78, 5) is 29.6. The Morgan fingerprint density at radius 3 is 2.69 bits per heavy atom. The average Bonchev–Trinajstić information content (AvgIpc) is 3.64. The van der Waals surface area contributed by atoms with Crippen LogP contribution in [-0.4, -0.2) is 55.8 Å². The molecular formula is C28H39N5O3. The zero-order valence-electron chi connectivity index (χ0n) is 21.5. The van der Waals surface area contributed by atoms with Crippen LogP contribution in [0.5, 0.6) is 0 Å². The molecule has 36 heavy (non-hydrogen) atoms. The fourth-order valence-corrected chi connectivity index (χ4v) is 5.45. The van der Waals surface area contributed by atoms with E-state index in [0.717, 1.165) is 86.4 Å². The van der Waals surface area contributed by atoms with E-state index in [9.17, 15) is 9.59 Å². The lowest BCUT2D eigenvalue weighted by molar-refractivity contribution is -0.119. The zero-order valence-corrected chi connectivity index (χ0v) is 21.5. The largest absolute Gasteiger partial charge is 0.446 e. The quantitative estimate of drug-likeness (QED) is 0.459. The van der Waals surface area contributed by atoms with Gasteiger partial charge in [-0.1, -0.05) is 18.2 Å². The molecule has 5 rings (SSSR count). The number of amides is 2. The van der Waals surface area contributed by atoms with E-state index in [2.05, 4.69) is 23.5 Å². The van der Waals surface area contributed by atoms with Crippen LogP contribution in [0.4, 0.5) is 16.2 Å². The lowest BCUT2D eigenvalue weighted by Gasteiger charge is -2.37. The monoisotopic (exact) mass is 493 g/mol. The molecule has 1 aromatic carbocycles. The van der Waals surface area contributed by atoms with Gasteiger partial charge in [-0.2, -0.15) is 0 Å². The van der Waals surface area contributed by atoms with Crippen molar-refractivity contribution in [3.63, 3.8) is 0 Å². The minimum absolute atomic E-state index is 0.113. The first kappa shape index (κ1) is 24.8. The summed E-state index contributed by atoms with van der Waals surface area (Å²) >= 11 is 0. The van der Waals surface area contributed by atoms with Gasteiger partial charge in [0, 0.05) is 36.8 Å². The minimum atomic E-state index is -0.373. The second-order valence-electron chi connectivity index (χ2n) is 10.7. The number of hydrogen-bond donors (Lipinski definition) is 2. The van der Waals surface area contributed by atoms with Crippen LogP contribution in [0.15, 0.2) is 36.0 Å². The van der Waals surface area contributed by atoms with E-state index in [-0.39, 0.29) is 24.0 Å². The molecule has 1 atom stereocenters. The molecular weight excluding hydrogens is 454 g/mol. The Balaban J connectivity index is 1.53. The number of benzene rings is 1. The van der Waals surface area contributed by atoms with Crippen LogP contribution < -0.4 is 21.0 Å². The summed E-state index contributed by atoms with van der Waals surface area (Å²) in [5.41, 5.74) is 4.74. The average molecular weight is 494 g/mol. The molecule has 194 valence electrons. The second kappa shape index (κ2) is 10.6. The summed E-state index contributed by atoms with van der Waals surface area (Å²) in [7, 11) is 0. The Morgan fingerprint density at radius 2 is 1.97 bits per heavy atom. The van der Waals surface area contributed by atoms with Crippen LogP contribution in [-0.2, 0) is 9.53 Å². The lowest BCUT2D eigenvalue weighted by atomic mass is 9.98. The number of hydrazine groups is 1. The summed E-state index contributed by atoms with van der Waals surface area (Å²) in [5, 5.41) is 5.37. The number of nitrogens with two attached hydrogens (primary N) is 1. The van der Waals surface area contributed by atoms with Gasteiger partial charge in [-0.3, -0.25) is 9.69 Å². The molecule has 1 saturated carbocycles. The molecule has 8 nitrogen and oxygen atoms in total. The number of rotatable bonds is 6. The maximum Gasteiger partial charge on any atom is 0.414 e.